The van der Waals surface area contributed by atoms with Crippen LogP contribution in [-0.2, 0) is 0 Å². The third-order valence-corrected chi connectivity index (χ3v) is 1.87. The summed E-state index contributed by atoms with van der Waals surface area (Å²) in [6.07, 6.45) is 0. The average molecular weight is 172 g/mol. The van der Waals surface area contributed by atoms with Crippen molar-refractivity contribution in [3.63, 3.8) is 0 Å². The number of fused-ring (bicyclic) bond motifs is 1. The Morgan fingerprint density at radius 2 is 2.00 bits per heavy atom. The van der Waals surface area contributed by atoms with Crippen molar-refractivity contribution >= 4 is 16.5 Å². The predicted molar refractivity (Wildman–Crippen MR) is 49.4 cm³/mol. The molecular formula is C10H6NO2. The minimum atomic E-state index is -0.390. The maximum Gasteiger partial charge on any atom is 0.277 e. The van der Waals surface area contributed by atoms with Crippen molar-refractivity contribution in [2.24, 2.45) is 0 Å². The molecule has 0 aliphatic rings. The van der Waals surface area contributed by atoms with Crippen molar-refractivity contribution in [3.8, 4) is 0 Å². The Kier molecular flexibility index (Phi) is 1.70. The molecule has 2 rings (SSSR count). The smallest absolute Gasteiger partial charge is 0.258 e. The lowest BCUT2D eigenvalue weighted by Crippen LogP contribution is -1.88. The van der Waals surface area contributed by atoms with Crippen molar-refractivity contribution in [2.45, 2.75) is 0 Å². The maximum absolute atomic E-state index is 10.6. The lowest BCUT2D eigenvalue weighted by molar-refractivity contribution is -0.383. The number of hydrogen-bond donors (Lipinski definition) is 0. The van der Waals surface area contributed by atoms with Gasteiger partial charge in [-0.25, -0.2) is 0 Å². The Hall–Kier alpha value is -1.90. The maximum atomic E-state index is 10.6. The van der Waals surface area contributed by atoms with E-state index in [0.717, 1.165) is 5.39 Å². The second kappa shape index (κ2) is 2.86. The molecule has 1 radical (unpaired) electrons. The number of nitrogens with zero attached hydrogens (tertiary/aromatic N) is 1. The summed E-state index contributed by atoms with van der Waals surface area (Å²) in [6.45, 7) is 0. The molecule has 2 aromatic rings. The predicted octanol–water partition coefficient (Wildman–Crippen LogP) is 2.55. The van der Waals surface area contributed by atoms with E-state index in [-0.39, 0.29) is 5.69 Å². The summed E-state index contributed by atoms with van der Waals surface area (Å²) >= 11 is 0. The van der Waals surface area contributed by atoms with Gasteiger partial charge in [-0.3, -0.25) is 10.1 Å². The second-order valence-corrected chi connectivity index (χ2v) is 2.67. The summed E-state index contributed by atoms with van der Waals surface area (Å²) in [5.41, 5.74) is 0.109. The van der Waals surface area contributed by atoms with Gasteiger partial charge in [-0.1, -0.05) is 30.3 Å². The normalized spacial score (nSPS) is 10.2. The van der Waals surface area contributed by atoms with Gasteiger partial charge >= 0.3 is 0 Å². The summed E-state index contributed by atoms with van der Waals surface area (Å²) in [5.74, 6) is 0. The van der Waals surface area contributed by atoms with E-state index in [1.165, 1.54) is 6.07 Å². The highest BCUT2D eigenvalue weighted by atomic mass is 16.6. The zero-order valence-electron chi connectivity index (χ0n) is 6.73. The number of benzene rings is 2. The van der Waals surface area contributed by atoms with Gasteiger partial charge in [0.1, 0.15) is 0 Å². The molecule has 13 heavy (non-hydrogen) atoms. The zero-order valence-corrected chi connectivity index (χ0v) is 6.73. The molecular weight excluding hydrogens is 166 g/mol. The summed E-state index contributed by atoms with van der Waals surface area (Å²) in [6, 6.07) is 13.2. The first kappa shape index (κ1) is 7.73. The Morgan fingerprint density at radius 1 is 1.23 bits per heavy atom. The second-order valence-electron chi connectivity index (χ2n) is 2.67. The molecule has 0 heterocycles. The van der Waals surface area contributed by atoms with Crippen molar-refractivity contribution in [1.29, 1.82) is 0 Å². The SMILES string of the molecule is O=[N+]([O-])c1cccc2ccc[c]c12. The van der Waals surface area contributed by atoms with Crippen LogP contribution in [0.5, 0.6) is 0 Å². The number of nitro groups is 1. The van der Waals surface area contributed by atoms with Crippen LogP contribution < -0.4 is 0 Å². The molecule has 0 aliphatic carbocycles. The van der Waals surface area contributed by atoms with E-state index in [2.05, 4.69) is 6.07 Å². The van der Waals surface area contributed by atoms with Gasteiger partial charge in [-0.2, -0.15) is 0 Å². The van der Waals surface area contributed by atoms with Gasteiger partial charge in [0.15, 0.2) is 0 Å². The molecule has 3 heteroatoms. The van der Waals surface area contributed by atoms with Crippen LogP contribution in [0.15, 0.2) is 36.4 Å². The van der Waals surface area contributed by atoms with Gasteiger partial charge in [-0.15, -0.1) is 0 Å². The minimum absolute atomic E-state index is 0.109. The van der Waals surface area contributed by atoms with E-state index in [1.54, 1.807) is 12.1 Å². The molecule has 0 spiro atoms. The first-order valence-corrected chi connectivity index (χ1v) is 3.83. The quantitative estimate of drug-likeness (QED) is 0.490. The lowest BCUT2D eigenvalue weighted by atomic mass is 10.1. The lowest BCUT2D eigenvalue weighted by Gasteiger charge is -1.96. The highest BCUT2D eigenvalue weighted by Gasteiger charge is 2.09. The number of rotatable bonds is 1. The van der Waals surface area contributed by atoms with Crippen molar-refractivity contribution < 1.29 is 4.92 Å². The third kappa shape index (κ3) is 1.24. The molecule has 0 fully saturated rings. The van der Waals surface area contributed by atoms with Crippen LogP contribution in [0.4, 0.5) is 5.69 Å². The fourth-order valence-electron chi connectivity index (χ4n) is 1.29. The first-order valence-electron chi connectivity index (χ1n) is 3.83. The number of non-ortho nitro benzene ring substituents is 1. The van der Waals surface area contributed by atoms with Crippen LogP contribution in [0.25, 0.3) is 10.8 Å². The number of hydrogen-bond acceptors (Lipinski definition) is 2. The van der Waals surface area contributed by atoms with E-state index in [4.69, 9.17) is 0 Å². The molecule has 0 N–H and O–H groups in total. The first-order chi connectivity index (χ1) is 6.29. The molecule has 0 aliphatic heterocycles. The van der Waals surface area contributed by atoms with Crippen LogP contribution in [0.1, 0.15) is 0 Å². The Bertz CT molecular complexity index is 460. The van der Waals surface area contributed by atoms with Crippen LogP contribution in [0.3, 0.4) is 0 Å². The van der Waals surface area contributed by atoms with Crippen LogP contribution in [-0.4, -0.2) is 4.92 Å². The molecule has 0 aromatic heterocycles. The van der Waals surface area contributed by atoms with Gasteiger partial charge in [0.2, 0.25) is 0 Å². The molecule has 63 valence electrons. The minimum Gasteiger partial charge on any atom is -0.258 e. The molecule has 2 aromatic carbocycles. The van der Waals surface area contributed by atoms with Gasteiger partial charge in [0.25, 0.3) is 5.69 Å². The van der Waals surface area contributed by atoms with E-state index in [9.17, 15) is 10.1 Å². The van der Waals surface area contributed by atoms with E-state index in [1.807, 2.05) is 18.2 Å². The molecule has 0 saturated carbocycles. The Labute approximate surface area is 74.8 Å². The highest BCUT2D eigenvalue weighted by Crippen LogP contribution is 2.23. The monoisotopic (exact) mass is 172 g/mol. The summed E-state index contributed by atoms with van der Waals surface area (Å²) in [4.78, 5) is 10.2. The largest absolute Gasteiger partial charge is 0.277 e. The average Bonchev–Trinajstić information content (AvgIpc) is 2.17. The van der Waals surface area contributed by atoms with E-state index < -0.39 is 4.92 Å². The fourth-order valence-corrected chi connectivity index (χ4v) is 1.29. The Morgan fingerprint density at radius 3 is 2.77 bits per heavy atom. The molecule has 0 bridgehead atoms. The topological polar surface area (TPSA) is 43.1 Å². The van der Waals surface area contributed by atoms with Gasteiger partial charge in [0.05, 0.1) is 10.3 Å². The summed E-state index contributed by atoms with van der Waals surface area (Å²) in [7, 11) is 0. The summed E-state index contributed by atoms with van der Waals surface area (Å²) in [5, 5.41) is 12.0. The van der Waals surface area contributed by atoms with E-state index >= 15 is 0 Å². The Balaban J connectivity index is 2.83. The van der Waals surface area contributed by atoms with Crippen molar-refractivity contribution in [2.75, 3.05) is 0 Å². The zero-order chi connectivity index (χ0) is 9.26. The standard InChI is InChI=1S/C10H6NO2/c12-11(13)10-7-3-5-8-4-1-2-6-9(8)10/h1-5,7H. The summed E-state index contributed by atoms with van der Waals surface area (Å²) < 4.78 is 0. The third-order valence-electron chi connectivity index (χ3n) is 1.87. The van der Waals surface area contributed by atoms with Gasteiger partial charge in [0, 0.05) is 6.07 Å². The highest BCUT2D eigenvalue weighted by molar-refractivity contribution is 5.90. The molecule has 3 nitrogen and oxygen atoms in total. The number of nitro benzene ring substituents is 1. The van der Waals surface area contributed by atoms with Gasteiger partial charge in [-0.05, 0) is 11.5 Å². The van der Waals surface area contributed by atoms with Crippen LogP contribution in [0, 0.1) is 16.2 Å². The van der Waals surface area contributed by atoms with Crippen molar-refractivity contribution in [3.05, 3.63) is 52.6 Å². The molecule has 0 amide bonds. The molecule has 0 unspecified atom stereocenters. The van der Waals surface area contributed by atoms with Gasteiger partial charge < -0.3 is 0 Å². The molecule has 0 saturated heterocycles. The van der Waals surface area contributed by atoms with Crippen LogP contribution in [0.2, 0.25) is 0 Å². The fraction of sp³-hybridized carbons (Fsp3) is 0. The molecule has 0 atom stereocenters. The van der Waals surface area contributed by atoms with E-state index in [0.29, 0.717) is 5.39 Å². The van der Waals surface area contributed by atoms with Crippen molar-refractivity contribution in [1.82, 2.24) is 0 Å². The van der Waals surface area contributed by atoms with Crippen LogP contribution >= 0.6 is 0 Å².